The number of fused-ring (bicyclic) bond motifs is 1. The van der Waals surface area contributed by atoms with Crippen LogP contribution in [0.5, 0.6) is 0 Å². The van der Waals surface area contributed by atoms with Gasteiger partial charge in [0.1, 0.15) is 18.5 Å². The molecule has 2 aromatic carbocycles. The fourth-order valence-corrected chi connectivity index (χ4v) is 5.12. The van der Waals surface area contributed by atoms with E-state index in [1.54, 1.807) is 25.1 Å². The van der Waals surface area contributed by atoms with Crippen molar-refractivity contribution in [1.82, 2.24) is 14.7 Å². The molecular formula is C24H25F2N4O6P. The summed E-state index contributed by atoms with van der Waals surface area (Å²) in [5, 5.41) is 3.85. The van der Waals surface area contributed by atoms with Crippen LogP contribution in [0.4, 0.5) is 8.78 Å². The van der Waals surface area contributed by atoms with Crippen LogP contribution in [0.3, 0.4) is 0 Å². The number of amides is 2. The molecule has 37 heavy (non-hydrogen) atoms. The fraction of sp³-hybridized carbons (Fsp3) is 0.333. The lowest BCUT2D eigenvalue weighted by molar-refractivity contribution is -0.138. The maximum absolute atomic E-state index is 14.3. The molecule has 2 amide bonds. The van der Waals surface area contributed by atoms with E-state index in [1.807, 2.05) is 0 Å². The van der Waals surface area contributed by atoms with Crippen molar-refractivity contribution in [3.05, 3.63) is 59.0 Å². The molecule has 1 aromatic heterocycles. The fourth-order valence-electron chi connectivity index (χ4n) is 4.56. The molecule has 1 aliphatic heterocycles. The van der Waals surface area contributed by atoms with Crippen LogP contribution in [0.25, 0.3) is 10.9 Å². The van der Waals surface area contributed by atoms with Crippen LogP contribution in [0.15, 0.2) is 36.4 Å². The number of carbonyl (C=O) groups excluding carboxylic acids is 3. The van der Waals surface area contributed by atoms with Gasteiger partial charge in [0, 0.05) is 18.2 Å². The molecule has 10 nitrogen and oxygen atoms in total. The zero-order valence-corrected chi connectivity index (χ0v) is 20.7. The largest absolute Gasteiger partial charge is 0.364 e. The molecular weight excluding hydrogens is 509 g/mol. The molecule has 0 bridgehead atoms. The third-order valence-corrected chi connectivity index (χ3v) is 7.40. The molecule has 13 heteroatoms. The summed E-state index contributed by atoms with van der Waals surface area (Å²) in [5.74, 6) is -2.42. The minimum atomic E-state index is -4.66. The van der Waals surface area contributed by atoms with Crippen LogP contribution < -0.4 is 11.0 Å². The van der Waals surface area contributed by atoms with E-state index in [9.17, 15) is 37.5 Å². The summed E-state index contributed by atoms with van der Waals surface area (Å²) >= 11 is 0. The van der Waals surface area contributed by atoms with Gasteiger partial charge in [0.15, 0.2) is 11.5 Å². The number of alkyl halides is 1. The third-order valence-electron chi connectivity index (χ3n) is 6.44. The van der Waals surface area contributed by atoms with E-state index in [0.29, 0.717) is 11.1 Å². The molecule has 0 unspecified atom stereocenters. The number of benzene rings is 2. The van der Waals surface area contributed by atoms with E-state index in [1.165, 1.54) is 6.07 Å². The third kappa shape index (κ3) is 5.46. The summed E-state index contributed by atoms with van der Waals surface area (Å²) in [5.41, 5.74) is 6.01. The number of aromatic nitrogens is 2. The van der Waals surface area contributed by atoms with Gasteiger partial charge in [0.25, 0.3) is 5.91 Å². The van der Waals surface area contributed by atoms with Crippen molar-refractivity contribution >= 4 is 41.4 Å². The van der Waals surface area contributed by atoms with Crippen LogP contribution in [0.2, 0.25) is 0 Å². The second-order valence-corrected chi connectivity index (χ2v) is 10.6. The molecule has 196 valence electrons. The van der Waals surface area contributed by atoms with E-state index in [-0.39, 0.29) is 47.7 Å². The van der Waals surface area contributed by atoms with Crippen LogP contribution >= 0.6 is 7.60 Å². The lowest BCUT2D eigenvalue weighted by atomic mass is 10.00. The van der Waals surface area contributed by atoms with Crippen molar-refractivity contribution in [3.63, 3.8) is 0 Å². The number of likely N-dealkylation sites (tertiary alicyclic amines) is 1. The summed E-state index contributed by atoms with van der Waals surface area (Å²) in [6.45, 7) is 0.748. The first-order valence-corrected chi connectivity index (χ1v) is 13.0. The molecule has 0 radical (unpaired) electrons. The highest BCUT2D eigenvalue weighted by atomic mass is 31.2. The van der Waals surface area contributed by atoms with Crippen LogP contribution in [0, 0.1) is 12.7 Å². The number of carbonyl (C=O) groups is 3. The van der Waals surface area contributed by atoms with Crippen molar-refractivity contribution < 1.29 is 37.5 Å². The van der Waals surface area contributed by atoms with Crippen molar-refractivity contribution in [2.45, 2.75) is 44.9 Å². The van der Waals surface area contributed by atoms with E-state index in [0.717, 1.165) is 21.7 Å². The molecule has 2 heterocycles. The molecule has 0 saturated carbocycles. The van der Waals surface area contributed by atoms with E-state index >= 15 is 0 Å². The molecule has 2 atom stereocenters. The molecule has 3 aromatic rings. The van der Waals surface area contributed by atoms with Gasteiger partial charge >= 0.3 is 7.60 Å². The minimum Gasteiger partial charge on any atom is -0.364 e. The van der Waals surface area contributed by atoms with Gasteiger partial charge in [-0.05, 0) is 42.7 Å². The van der Waals surface area contributed by atoms with Crippen molar-refractivity contribution in [1.29, 1.82) is 0 Å². The molecule has 4 N–H and O–H groups in total. The second kappa shape index (κ2) is 10.1. The van der Waals surface area contributed by atoms with Gasteiger partial charge in [-0.2, -0.15) is 5.10 Å². The average Bonchev–Trinajstić information content (AvgIpc) is 3.40. The number of nitrogens with zero attached hydrogens (tertiary/aromatic N) is 3. The Bertz CT molecular complexity index is 1450. The van der Waals surface area contributed by atoms with Crippen molar-refractivity contribution in [3.8, 4) is 0 Å². The van der Waals surface area contributed by atoms with Crippen LogP contribution in [-0.4, -0.2) is 60.8 Å². The number of hydrogen-bond acceptors (Lipinski definition) is 5. The molecule has 0 aliphatic carbocycles. The number of aryl methyl sites for hydroxylation is 2. The highest BCUT2D eigenvalue weighted by Crippen LogP contribution is 2.34. The Balaban J connectivity index is 1.57. The van der Waals surface area contributed by atoms with Gasteiger partial charge in [-0.25, -0.2) is 8.78 Å². The standard InChI is InChI=1S/C24H25F2N4O6P/c1-13-3-2-4-14(22(13)26)5-8-20(31)19-9-15(25)11-29(19)21(32)12-30-18-10-16(37(34,35)36)6-7-17(18)23(28-30)24(27)33/h2-4,6-7,10,15,19H,5,8-9,11-12H2,1H3,(H2,27,33)(H2,34,35,36)/t15-,19+/m1/s1. The van der Waals surface area contributed by atoms with E-state index in [4.69, 9.17) is 5.73 Å². The minimum absolute atomic E-state index is 0.0665. The van der Waals surface area contributed by atoms with Crippen molar-refractivity contribution in [2.24, 2.45) is 5.73 Å². The quantitative estimate of drug-likeness (QED) is 0.370. The van der Waals surface area contributed by atoms with Gasteiger partial charge in [0.2, 0.25) is 5.91 Å². The normalized spacial score (nSPS) is 17.9. The number of hydrogen-bond donors (Lipinski definition) is 3. The lowest BCUT2D eigenvalue weighted by Gasteiger charge is -2.23. The van der Waals surface area contributed by atoms with E-state index < -0.39 is 49.8 Å². The first kappa shape index (κ1) is 26.6. The predicted molar refractivity (Wildman–Crippen MR) is 129 cm³/mol. The second-order valence-electron chi connectivity index (χ2n) is 9.03. The predicted octanol–water partition coefficient (Wildman–Crippen LogP) is 1.53. The van der Waals surface area contributed by atoms with Gasteiger partial charge < -0.3 is 20.4 Å². The molecule has 0 spiro atoms. The summed E-state index contributed by atoms with van der Waals surface area (Å²) in [7, 11) is -4.66. The average molecular weight is 534 g/mol. The summed E-state index contributed by atoms with van der Waals surface area (Å²) < 4.78 is 41.4. The molecule has 1 fully saturated rings. The van der Waals surface area contributed by atoms with Gasteiger partial charge in [0.05, 0.1) is 23.4 Å². The van der Waals surface area contributed by atoms with Crippen LogP contribution in [0.1, 0.15) is 34.5 Å². The van der Waals surface area contributed by atoms with Gasteiger partial charge in [-0.1, -0.05) is 18.2 Å². The molecule has 1 aliphatic rings. The van der Waals surface area contributed by atoms with Crippen molar-refractivity contribution in [2.75, 3.05) is 6.54 Å². The summed E-state index contributed by atoms with van der Waals surface area (Å²) in [6.07, 6.45) is -1.64. The Hall–Kier alpha value is -3.47. The number of primary amides is 1. The number of rotatable bonds is 8. The highest BCUT2D eigenvalue weighted by molar-refractivity contribution is 7.60. The number of Topliss-reactive ketones (excluding diaryl/α,β-unsaturated/α-hetero) is 1. The maximum atomic E-state index is 14.3. The highest BCUT2D eigenvalue weighted by Gasteiger charge is 2.39. The Morgan fingerprint density at radius 2 is 1.95 bits per heavy atom. The Labute approximate surface area is 210 Å². The summed E-state index contributed by atoms with van der Waals surface area (Å²) in [6, 6.07) is 7.29. The zero-order valence-electron chi connectivity index (χ0n) is 19.8. The maximum Gasteiger partial charge on any atom is 0.356 e. The summed E-state index contributed by atoms with van der Waals surface area (Å²) in [4.78, 5) is 58.1. The van der Waals surface area contributed by atoms with Crippen LogP contribution in [-0.2, 0) is 27.1 Å². The van der Waals surface area contributed by atoms with Gasteiger partial charge in [-0.15, -0.1) is 0 Å². The number of halogens is 2. The molecule has 1 saturated heterocycles. The SMILES string of the molecule is Cc1cccc(CCC(=O)[C@@H]2C[C@@H](F)CN2C(=O)Cn2nc(C(N)=O)c3ccc(P(=O)(O)O)cc32)c1F. The Kier molecular flexibility index (Phi) is 7.27. The molecule has 4 rings (SSSR count). The first-order chi connectivity index (χ1) is 17.4. The first-order valence-electron chi connectivity index (χ1n) is 11.4. The van der Waals surface area contributed by atoms with Gasteiger partial charge in [-0.3, -0.25) is 23.6 Å². The van der Waals surface area contributed by atoms with E-state index in [2.05, 4.69) is 5.10 Å². The lowest BCUT2D eigenvalue weighted by Crippen LogP contribution is -2.42. The topological polar surface area (TPSA) is 156 Å². The number of nitrogens with two attached hydrogens (primary N) is 1. The number of ketones is 1. The zero-order chi connectivity index (χ0) is 27.1. The Morgan fingerprint density at radius 3 is 2.62 bits per heavy atom. The monoisotopic (exact) mass is 534 g/mol. The smallest absolute Gasteiger partial charge is 0.356 e. The Morgan fingerprint density at radius 1 is 1.22 bits per heavy atom.